The van der Waals surface area contributed by atoms with E-state index in [1.165, 1.54) is 24.3 Å². The molecule has 1 aliphatic rings. The quantitative estimate of drug-likeness (QED) is 0.815. The second kappa shape index (κ2) is 8.92. The predicted octanol–water partition coefficient (Wildman–Crippen LogP) is 2.79. The van der Waals surface area contributed by atoms with E-state index < -0.39 is 18.7 Å². The average molecular weight is 395 g/mol. The summed E-state index contributed by atoms with van der Waals surface area (Å²) in [5, 5.41) is 2.72. The first-order chi connectivity index (χ1) is 13.4. The molecular formula is C19H20F3N3O3. The normalized spacial score (nSPS) is 14.6. The van der Waals surface area contributed by atoms with Gasteiger partial charge in [-0.25, -0.2) is 4.98 Å². The summed E-state index contributed by atoms with van der Waals surface area (Å²) in [5.41, 5.74) is 0.894. The molecule has 0 radical (unpaired) electrons. The van der Waals surface area contributed by atoms with Gasteiger partial charge in [-0.15, -0.1) is 0 Å². The van der Waals surface area contributed by atoms with Gasteiger partial charge in [0.25, 0.3) is 5.91 Å². The second-order valence-electron chi connectivity index (χ2n) is 6.20. The summed E-state index contributed by atoms with van der Waals surface area (Å²) in [7, 11) is 0. The minimum Gasteiger partial charge on any atom is -0.484 e. The molecule has 2 aromatic rings. The highest BCUT2D eigenvalue weighted by Gasteiger charge is 2.28. The van der Waals surface area contributed by atoms with Crippen LogP contribution in [0.25, 0.3) is 0 Å². The number of hydrogen-bond donors (Lipinski definition) is 1. The van der Waals surface area contributed by atoms with E-state index in [1.807, 2.05) is 12.1 Å². The molecule has 0 saturated carbocycles. The fraction of sp³-hybridized carbons (Fsp3) is 0.368. The van der Waals surface area contributed by atoms with Crippen molar-refractivity contribution in [3.05, 3.63) is 53.7 Å². The number of pyridine rings is 1. The fourth-order valence-electron chi connectivity index (χ4n) is 2.70. The summed E-state index contributed by atoms with van der Waals surface area (Å²) >= 11 is 0. The third-order valence-corrected chi connectivity index (χ3v) is 4.06. The molecule has 1 amide bonds. The van der Waals surface area contributed by atoms with Gasteiger partial charge in [-0.3, -0.25) is 4.79 Å². The standard InChI is InChI=1S/C19H20F3N3O3/c20-19(21,22)13-28-16-5-1-3-14(11-16)18(26)23-12-15-4-2-6-17(24-15)25-7-9-27-10-8-25/h1-6,11H,7-10,12-13H2,(H,23,26). The smallest absolute Gasteiger partial charge is 0.422 e. The zero-order valence-corrected chi connectivity index (χ0v) is 15.0. The largest absolute Gasteiger partial charge is 0.484 e. The van der Waals surface area contributed by atoms with E-state index in [4.69, 9.17) is 4.74 Å². The van der Waals surface area contributed by atoms with Gasteiger partial charge >= 0.3 is 6.18 Å². The first-order valence-electron chi connectivity index (χ1n) is 8.77. The van der Waals surface area contributed by atoms with Gasteiger partial charge in [0.05, 0.1) is 25.5 Å². The molecule has 1 fully saturated rings. The molecule has 28 heavy (non-hydrogen) atoms. The van der Waals surface area contributed by atoms with E-state index >= 15 is 0 Å². The van der Waals surface area contributed by atoms with Crippen molar-refractivity contribution in [1.29, 1.82) is 0 Å². The van der Waals surface area contributed by atoms with Gasteiger partial charge in [0, 0.05) is 18.7 Å². The summed E-state index contributed by atoms with van der Waals surface area (Å²) in [5.74, 6) is 0.381. The van der Waals surface area contributed by atoms with Crippen LogP contribution in [0, 0.1) is 0 Å². The van der Waals surface area contributed by atoms with E-state index in [0.29, 0.717) is 18.9 Å². The summed E-state index contributed by atoms with van der Waals surface area (Å²) in [4.78, 5) is 19.0. The van der Waals surface area contributed by atoms with Crippen LogP contribution in [0.15, 0.2) is 42.5 Å². The van der Waals surface area contributed by atoms with Gasteiger partial charge in [-0.1, -0.05) is 12.1 Å². The number of morpholine rings is 1. The Hall–Kier alpha value is -2.81. The highest BCUT2D eigenvalue weighted by Crippen LogP contribution is 2.19. The van der Waals surface area contributed by atoms with Gasteiger partial charge in [0.2, 0.25) is 0 Å². The van der Waals surface area contributed by atoms with E-state index in [-0.39, 0.29) is 17.9 Å². The Morgan fingerprint density at radius 3 is 2.68 bits per heavy atom. The Kier molecular flexibility index (Phi) is 6.35. The Morgan fingerprint density at radius 2 is 1.93 bits per heavy atom. The van der Waals surface area contributed by atoms with E-state index in [0.717, 1.165) is 18.9 Å². The Bertz CT molecular complexity index is 808. The number of carbonyl (C=O) groups is 1. The van der Waals surface area contributed by atoms with Crippen LogP contribution in [0.3, 0.4) is 0 Å². The lowest BCUT2D eigenvalue weighted by molar-refractivity contribution is -0.153. The highest BCUT2D eigenvalue weighted by atomic mass is 19.4. The number of rotatable bonds is 6. The lowest BCUT2D eigenvalue weighted by Gasteiger charge is -2.28. The maximum absolute atomic E-state index is 12.3. The van der Waals surface area contributed by atoms with Gasteiger partial charge in [-0.2, -0.15) is 13.2 Å². The van der Waals surface area contributed by atoms with Crippen molar-refractivity contribution >= 4 is 11.7 Å². The van der Waals surface area contributed by atoms with Crippen LogP contribution < -0.4 is 15.0 Å². The van der Waals surface area contributed by atoms with Crippen molar-refractivity contribution in [3.63, 3.8) is 0 Å². The van der Waals surface area contributed by atoms with Gasteiger partial charge < -0.3 is 19.7 Å². The topological polar surface area (TPSA) is 63.7 Å². The molecule has 0 bridgehead atoms. The van der Waals surface area contributed by atoms with Crippen LogP contribution in [0.2, 0.25) is 0 Å². The number of nitrogens with one attached hydrogen (secondary N) is 1. The first-order valence-corrected chi connectivity index (χ1v) is 8.77. The van der Waals surface area contributed by atoms with E-state index in [1.54, 1.807) is 6.07 Å². The molecule has 9 heteroatoms. The van der Waals surface area contributed by atoms with Crippen LogP contribution in [0.4, 0.5) is 19.0 Å². The molecule has 0 unspecified atom stereocenters. The Labute approximate surface area is 160 Å². The van der Waals surface area contributed by atoms with Crippen molar-refractivity contribution < 1.29 is 27.4 Å². The lowest BCUT2D eigenvalue weighted by Crippen LogP contribution is -2.37. The number of ether oxygens (including phenoxy) is 2. The van der Waals surface area contributed by atoms with E-state index in [9.17, 15) is 18.0 Å². The Morgan fingerprint density at radius 1 is 1.18 bits per heavy atom. The van der Waals surface area contributed by atoms with Crippen molar-refractivity contribution in [2.75, 3.05) is 37.8 Å². The maximum Gasteiger partial charge on any atom is 0.422 e. The van der Waals surface area contributed by atoms with Gasteiger partial charge in [0.1, 0.15) is 11.6 Å². The first kappa shape index (κ1) is 19.9. The number of amides is 1. The molecule has 3 rings (SSSR count). The van der Waals surface area contributed by atoms with Crippen molar-refractivity contribution in [2.45, 2.75) is 12.7 Å². The third kappa shape index (κ3) is 5.85. The molecule has 0 spiro atoms. The van der Waals surface area contributed by atoms with Crippen LogP contribution in [0.5, 0.6) is 5.75 Å². The van der Waals surface area contributed by atoms with Crippen LogP contribution >= 0.6 is 0 Å². The minimum atomic E-state index is -4.44. The van der Waals surface area contributed by atoms with Gasteiger partial charge in [-0.05, 0) is 30.3 Å². The molecule has 2 heterocycles. The molecule has 1 aromatic heterocycles. The van der Waals surface area contributed by atoms with E-state index in [2.05, 4.69) is 19.9 Å². The van der Waals surface area contributed by atoms with Crippen LogP contribution in [-0.4, -0.2) is 50.0 Å². The number of alkyl halides is 3. The van der Waals surface area contributed by atoms with Crippen molar-refractivity contribution in [2.24, 2.45) is 0 Å². The summed E-state index contributed by atoms with van der Waals surface area (Å²) in [6, 6.07) is 11.2. The number of halogens is 3. The average Bonchev–Trinajstić information content (AvgIpc) is 2.71. The van der Waals surface area contributed by atoms with Crippen LogP contribution in [-0.2, 0) is 11.3 Å². The van der Waals surface area contributed by atoms with Gasteiger partial charge in [0.15, 0.2) is 6.61 Å². The number of aromatic nitrogens is 1. The minimum absolute atomic E-state index is 0.0163. The molecule has 0 atom stereocenters. The Balaban J connectivity index is 1.58. The molecule has 150 valence electrons. The summed E-state index contributed by atoms with van der Waals surface area (Å²) in [6.45, 7) is 1.60. The molecular weight excluding hydrogens is 375 g/mol. The highest BCUT2D eigenvalue weighted by molar-refractivity contribution is 5.94. The SMILES string of the molecule is O=C(NCc1cccc(N2CCOCC2)n1)c1cccc(OCC(F)(F)F)c1. The number of benzene rings is 1. The monoisotopic (exact) mass is 395 g/mol. The zero-order chi connectivity index (χ0) is 20.0. The van der Waals surface area contributed by atoms with Crippen LogP contribution in [0.1, 0.15) is 16.1 Å². The zero-order valence-electron chi connectivity index (χ0n) is 15.0. The molecule has 1 aromatic carbocycles. The molecule has 0 aliphatic carbocycles. The predicted molar refractivity (Wildman–Crippen MR) is 96.4 cm³/mol. The molecule has 1 saturated heterocycles. The number of hydrogen-bond acceptors (Lipinski definition) is 5. The fourth-order valence-corrected chi connectivity index (χ4v) is 2.70. The summed E-state index contributed by atoms with van der Waals surface area (Å²) in [6.07, 6.45) is -4.44. The molecule has 1 aliphatic heterocycles. The number of anilines is 1. The van der Waals surface area contributed by atoms with Crippen molar-refractivity contribution in [3.8, 4) is 5.75 Å². The number of nitrogens with zero attached hydrogens (tertiary/aromatic N) is 2. The molecule has 1 N–H and O–H groups in total. The van der Waals surface area contributed by atoms with Crippen molar-refractivity contribution in [1.82, 2.24) is 10.3 Å². The summed E-state index contributed by atoms with van der Waals surface area (Å²) < 4.78 is 46.8. The third-order valence-electron chi connectivity index (χ3n) is 4.06. The molecule has 6 nitrogen and oxygen atoms in total. The lowest BCUT2D eigenvalue weighted by atomic mass is 10.2. The number of carbonyl (C=O) groups excluding carboxylic acids is 1. The second-order valence-corrected chi connectivity index (χ2v) is 6.20. The maximum atomic E-state index is 12.3.